The molecule has 1 saturated heterocycles. The molecule has 2 aromatic rings. The van der Waals surface area contributed by atoms with E-state index < -0.39 is 5.50 Å². The summed E-state index contributed by atoms with van der Waals surface area (Å²) in [5, 5.41) is 7.53. The molecule has 0 spiro atoms. The van der Waals surface area contributed by atoms with Gasteiger partial charge < -0.3 is 5.32 Å². The van der Waals surface area contributed by atoms with E-state index in [1.54, 1.807) is 18.2 Å². The number of benzene rings is 2. The van der Waals surface area contributed by atoms with Crippen molar-refractivity contribution in [3.63, 3.8) is 0 Å². The van der Waals surface area contributed by atoms with Crippen molar-refractivity contribution in [2.75, 3.05) is 13.1 Å². The summed E-state index contributed by atoms with van der Waals surface area (Å²) in [6.45, 7) is 1.48. The van der Waals surface area contributed by atoms with Gasteiger partial charge in [-0.3, -0.25) is 10.1 Å². The maximum Gasteiger partial charge on any atom is 0.335 e. The van der Waals surface area contributed by atoms with Gasteiger partial charge >= 0.3 is 5.50 Å². The SMILES string of the molecule is O=C(NC1Sc2c(ccc3cc(F)ccc23)[N+]1=O)[C@H]1CCNC1. The van der Waals surface area contributed by atoms with Crippen molar-refractivity contribution >= 4 is 34.1 Å². The van der Waals surface area contributed by atoms with Crippen LogP contribution >= 0.6 is 11.8 Å². The van der Waals surface area contributed by atoms with Crippen LogP contribution in [0.5, 0.6) is 0 Å². The molecule has 2 N–H and O–H groups in total. The second-order valence-corrected chi connectivity index (χ2v) is 6.86. The molecule has 0 aliphatic carbocycles. The van der Waals surface area contributed by atoms with Crippen LogP contribution in [0.2, 0.25) is 0 Å². The number of hydrogen-bond acceptors (Lipinski definition) is 4. The first-order valence-electron chi connectivity index (χ1n) is 7.50. The summed E-state index contributed by atoms with van der Waals surface area (Å²) < 4.78 is 14.2. The number of thioether (sulfide) groups is 1. The van der Waals surface area contributed by atoms with Gasteiger partial charge in [-0.05, 0) is 48.3 Å². The number of nitrogens with zero attached hydrogens (tertiary/aromatic N) is 1. The molecule has 2 heterocycles. The van der Waals surface area contributed by atoms with Crippen molar-refractivity contribution in [3.05, 3.63) is 41.1 Å². The highest BCUT2D eigenvalue weighted by atomic mass is 32.2. The van der Waals surface area contributed by atoms with Gasteiger partial charge in [0.15, 0.2) is 0 Å². The highest BCUT2D eigenvalue weighted by Crippen LogP contribution is 2.45. The number of nitrogens with one attached hydrogen (secondary N) is 2. The van der Waals surface area contributed by atoms with Crippen molar-refractivity contribution < 1.29 is 13.9 Å². The predicted molar refractivity (Wildman–Crippen MR) is 86.0 cm³/mol. The Bertz CT molecular complexity index is 820. The van der Waals surface area contributed by atoms with Crippen LogP contribution in [-0.2, 0) is 4.79 Å². The molecule has 0 bridgehead atoms. The third-order valence-corrected chi connectivity index (χ3v) is 5.49. The number of rotatable bonds is 2. The summed E-state index contributed by atoms with van der Waals surface area (Å²) in [5.41, 5.74) is -0.155. The molecule has 2 atom stereocenters. The van der Waals surface area contributed by atoms with Gasteiger partial charge in [-0.1, -0.05) is 6.07 Å². The standard InChI is InChI=1S/C16H14FN3O2S/c17-11-2-3-12-9(7-11)1-4-13-14(12)23-16(20(13)22)19-15(21)10-5-6-18-8-10/h1-4,7,10,16,18H,5-6,8H2/p+1/t10-,16?/m0/s1. The summed E-state index contributed by atoms with van der Waals surface area (Å²) in [7, 11) is 0. The molecule has 2 aromatic carbocycles. The van der Waals surface area contributed by atoms with Crippen LogP contribution in [0.4, 0.5) is 10.1 Å². The van der Waals surface area contributed by atoms with E-state index >= 15 is 0 Å². The minimum atomic E-state index is -0.672. The monoisotopic (exact) mass is 332 g/mol. The maximum absolute atomic E-state index is 13.3. The molecule has 0 radical (unpaired) electrons. The zero-order chi connectivity index (χ0) is 16.0. The van der Waals surface area contributed by atoms with Gasteiger partial charge in [0, 0.05) is 22.9 Å². The largest absolute Gasteiger partial charge is 0.335 e. The Morgan fingerprint density at radius 2 is 2.22 bits per heavy atom. The van der Waals surface area contributed by atoms with Crippen molar-refractivity contribution in [1.29, 1.82) is 0 Å². The number of amides is 1. The Kier molecular flexibility index (Phi) is 3.54. The van der Waals surface area contributed by atoms with Crippen molar-refractivity contribution in [1.82, 2.24) is 10.6 Å². The van der Waals surface area contributed by atoms with Crippen molar-refractivity contribution in [2.24, 2.45) is 5.92 Å². The Balaban J connectivity index is 1.62. The van der Waals surface area contributed by atoms with E-state index in [0.717, 1.165) is 33.4 Å². The second-order valence-electron chi connectivity index (χ2n) is 5.77. The average molecular weight is 332 g/mol. The zero-order valence-corrected chi connectivity index (χ0v) is 13.0. The molecule has 7 heteroatoms. The lowest BCUT2D eigenvalue weighted by Gasteiger charge is -2.09. The van der Waals surface area contributed by atoms with Crippen molar-refractivity contribution in [2.45, 2.75) is 16.8 Å². The molecule has 1 fully saturated rings. The van der Waals surface area contributed by atoms with Gasteiger partial charge in [-0.25, -0.2) is 4.39 Å². The summed E-state index contributed by atoms with van der Waals surface area (Å²) in [4.78, 5) is 25.5. The zero-order valence-electron chi connectivity index (χ0n) is 12.2. The summed E-state index contributed by atoms with van der Waals surface area (Å²) in [6, 6.07) is 7.92. The van der Waals surface area contributed by atoms with Gasteiger partial charge in [0.25, 0.3) is 5.69 Å². The Morgan fingerprint density at radius 3 is 3.00 bits per heavy atom. The van der Waals surface area contributed by atoms with E-state index in [-0.39, 0.29) is 17.6 Å². The minimum absolute atomic E-state index is 0.0847. The molecule has 0 aromatic heterocycles. The predicted octanol–water partition coefficient (Wildman–Crippen LogP) is 2.50. The van der Waals surface area contributed by atoms with Crippen LogP contribution in [-0.4, -0.2) is 29.3 Å². The van der Waals surface area contributed by atoms with Crippen LogP contribution in [0.15, 0.2) is 35.2 Å². The molecule has 2 aliphatic heterocycles. The Morgan fingerprint density at radius 1 is 1.35 bits per heavy atom. The fourth-order valence-electron chi connectivity index (χ4n) is 3.05. The van der Waals surface area contributed by atoms with Crippen LogP contribution in [0, 0.1) is 16.6 Å². The van der Waals surface area contributed by atoms with Crippen LogP contribution < -0.4 is 10.6 Å². The first kappa shape index (κ1) is 14.6. The van der Waals surface area contributed by atoms with Crippen LogP contribution in [0.25, 0.3) is 10.8 Å². The fraction of sp³-hybridized carbons (Fsp3) is 0.312. The molecular formula is C16H15FN3O2S+. The van der Waals surface area contributed by atoms with Crippen molar-refractivity contribution in [3.8, 4) is 0 Å². The Hall–Kier alpha value is -1.99. The van der Waals surface area contributed by atoms with E-state index in [9.17, 15) is 14.1 Å². The molecule has 0 saturated carbocycles. The number of fused-ring (bicyclic) bond motifs is 3. The molecule has 1 unspecified atom stereocenters. The third kappa shape index (κ3) is 2.49. The lowest BCUT2D eigenvalue weighted by Crippen LogP contribution is -2.40. The molecule has 2 aliphatic rings. The lowest BCUT2D eigenvalue weighted by atomic mass is 10.1. The number of carbonyl (C=O) groups is 1. The molecule has 118 valence electrons. The quantitative estimate of drug-likeness (QED) is 0.830. The summed E-state index contributed by atoms with van der Waals surface area (Å²) >= 11 is 1.31. The van der Waals surface area contributed by atoms with Crippen LogP contribution in [0.1, 0.15) is 6.42 Å². The highest BCUT2D eigenvalue weighted by Gasteiger charge is 2.43. The normalized spacial score (nSPS) is 23.3. The van der Waals surface area contributed by atoms with E-state index in [1.165, 1.54) is 23.9 Å². The molecular weight excluding hydrogens is 317 g/mol. The van der Waals surface area contributed by atoms with Gasteiger partial charge in [0.05, 0.1) is 15.6 Å². The highest BCUT2D eigenvalue weighted by molar-refractivity contribution is 8.00. The van der Waals surface area contributed by atoms with E-state index in [2.05, 4.69) is 10.6 Å². The smallest absolute Gasteiger partial charge is 0.316 e. The fourth-order valence-corrected chi connectivity index (χ4v) is 4.25. The number of halogens is 1. The summed E-state index contributed by atoms with van der Waals surface area (Å²) in [6.07, 6.45) is 0.789. The first-order valence-corrected chi connectivity index (χ1v) is 8.38. The van der Waals surface area contributed by atoms with Gasteiger partial charge in [-0.2, -0.15) is 0 Å². The molecule has 23 heavy (non-hydrogen) atoms. The average Bonchev–Trinajstić information content (AvgIpc) is 3.16. The topological polar surface area (TPSA) is 61.2 Å². The summed E-state index contributed by atoms with van der Waals surface area (Å²) in [5.74, 6) is -0.493. The minimum Gasteiger partial charge on any atom is -0.316 e. The van der Waals surface area contributed by atoms with E-state index in [0.29, 0.717) is 12.2 Å². The van der Waals surface area contributed by atoms with Gasteiger partial charge in [-0.15, -0.1) is 0 Å². The Labute approximate surface area is 136 Å². The maximum atomic E-state index is 13.3. The second kappa shape index (κ2) is 5.58. The number of carbonyl (C=O) groups excluding carboxylic acids is 1. The molecule has 4 rings (SSSR count). The number of nitroso groups, excluding NO2 is 1. The third-order valence-electron chi connectivity index (χ3n) is 4.29. The van der Waals surface area contributed by atoms with Gasteiger partial charge in [0.2, 0.25) is 5.91 Å². The van der Waals surface area contributed by atoms with E-state index in [1.807, 2.05) is 0 Å². The van der Waals surface area contributed by atoms with Gasteiger partial charge in [0.1, 0.15) is 5.82 Å². The molecule has 5 nitrogen and oxygen atoms in total. The lowest BCUT2D eigenvalue weighted by molar-refractivity contribution is -0.480. The van der Waals surface area contributed by atoms with Crippen LogP contribution in [0.3, 0.4) is 0 Å². The van der Waals surface area contributed by atoms with E-state index in [4.69, 9.17) is 0 Å². The number of hydrogen-bond donors (Lipinski definition) is 2. The first-order chi connectivity index (χ1) is 11.1. The molecule has 1 amide bonds.